The number of benzene rings is 1. The lowest BCUT2D eigenvalue weighted by atomic mass is 9.87. The van der Waals surface area contributed by atoms with E-state index in [-0.39, 0.29) is 5.41 Å². The summed E-state index contributed by atoms with van der Waals surface area (Å²) in [5.74, 6) is 0.569. The smallest absolute Gasteiger partial charge is 0.240 e. The molecule has 5 heteroatoms. The molecule has 1 aromatic rings. The molecule has 1 aliphatic rings. The Morgan fingerprint density at radius 1 is 1.14 bits per heavy atom. The van der Waals surface area contributed by atoms with Gasteiger partial charge in [-0.3, -0.25) is 0 Å². The minimum Gasteiger partial charge on any atom is -0.381 e. The monoisotopic (exact) mass is 325 g/mol. The fourth-order valence-corrected chi connectivity index (χ4v) is 3.70. The summed E-state index contributed by atoms with van der Waals surface area (Å²) in [5.41, 5.74) is 1.16. The van der Waals surface area contributed by atoms with Crippen LogP contribution in [-0.4, -0.2) is 28.2 Å². The first kappa shape index (κ1) is 17.4. The van der Waals surface area contributed by atoms with Gasteiger partial charge in [0, 0.05) is 19.8 Å². The Hall–Kier alpha value is -0.910. The summed E-state index contributed by atoms with van der Waals surface area (Å²) < 4.78 is 32.6. The first-order valence-corrected chi connectivity index (χ1v) is 9.45. The highest BCUT2D eigenvalue weighted by molar-refractivity contribution is 7.89. The molecule has 4 nitrogen and oxygen atoms in total. The molecule has 124 valence electrons. The Balaban J connectivity index is 1.92. The van der Waals surface area contributed by atoms with Crippen molar-refractivity contribution in [2.75, 3.05) is 19.8 Å². The van der Waals surface area contributed by atoms with Crippen LogP contribution in [0.3, 0.4) is 0 Å². The molecule has 1 aromatic carbocycles. The second kappa shape index (κ2) is 7.11. The molecule has 0 unspecified atom stereocenters. The Bertz CT molecular complexity index is 567. The molecule has 0 aliphatic carbocycles. The normalized spacial score (nSPS) is 17.6. The van der Waals surface area contributed by atoms with Crippen LogP contribution in [0.5, 0.6) is 0 Å². The molecule has 1 fully saturated rings. The summed E-state index contributed by atoms with van der Waals surface area (Å²) in [5, 5.41) is 0. The van der Waals surface area contributed by atoms with E-state index >= 15 is 0 Å². The van der Waals surface area contributed by atoms with Crippen molar-refractivity contribution >= 4 is 10.0 Å². The highest BCUT2D eigenvalue weighted by Gasteiger charge is 2.18. The summed E-state index contributed by atoms with van der Waals surface area (Å²) >= 11 is 0. The molecule has 0 radical (unpaired) electrons. The van der Waals surface area contributed by atoms with Gasteiger partial charge in [-0.25, -0.2) is 13.1 Å². The lowest BCUT2D eigenvalue weighted by molar-refractivity contribution is 0.0644. The molecular weight excluding hydrogens is 298 g/mol. The van der Waals surface area contributed by atoms with Crippen molar-refractivity contribution in [3.8, 4) is 0 Å². The van der Waals surface area contributed by atoms with Crippen molar-refractivity contribution in [3.63, 3.8) is 0 Å². The van der Waals surface area contributed by atoms with Crippen molar-refractivity contribution in [1.82, 2.24) is 4.72 Å². The number of sulfonamides is 1. The third-order valence-electron chi connectivity index (χ3n) is 4.22. The third-order valence-corrected chi connectivity index (χ3v) is 5.69. The Morgan fingerprint density at radius 2 is 1.73 bits per heavy atom. The Kier molecular flexibility index (Phi) is 5.64. The van der Waals surface area contributed by atoms with E-state index in [0.717, 1.165) is 38.0 Å². The molecule has 22 heavy (non-hydrogen) atoms. The first-order chi connectivity index (χ1) is 10.3. The van der Waals surface area contributed by atoms with E-state index in [1.807, 2.05) is 12.1 Å². The molecule has 1 N–H and O–H groups in total. The van der Waals surface area contributed by atoms with Gasteiger partial charge in [0.2, 0.25) is 10.0 Å². The van der Waals surface area contributed by atoms with Crippen LogP contribution in [0.1, 0.15) is 45.6 Å². The van der Waals surface area contributed by atoms with Crippen LogP contribution in [0.25, 0.3) is 0 Å². The van der Waals surface area contributed by atoms with Gasteiger partial charge in [0.1, 0.15) is 0 Å². The second-order valence-corrected chi connectivity index (χ2v) is 8.78. The molecule has 1 saturated heterocycles. The maximum atomic E-state index is 12.3. The number of hydrogen-bond donors (Lipinski definition) is 1. The van der Waals surface area contributed by atoms with Gasteiger partial charge >= 0.3 is 0 Å². The molecule has 0 saturated carbocycles. The van der Waals surface area contributed by atoms with Gasteiger partial charge in [-0.05, 0) is 48.3 Å². The van der Waals surface area contributed by atoms with E-state index in [1.165, 1.54) is 0 Å². The van der Waals surface area contributed by atoms with Gasteiger partial charge in [0.05, 0.1) is 4.90 Å². The molecule has 0 atom stereocenters. The second-order valence-electron chi connectivity index (χ2n) is 7.02. The van der Waals surface area contributed by atoms with Crippen molar-refractivity contribution in [2.24, 2.45) is 5.92 Å². The number of ether oxygens (including phenoxy) is 1. The Morgan fingerprint density at radius 3 is 2.27 bits per heavy atom. The maximum Gasteiger partial charge on any atom is 0.240 e. The maximum absolute atomic E-state index is 12.3. The average molecular weight is 325 g/mol. The van der Waals surface area contributed by atoms with Crippen LogP contribution in [-0.2, 0) is 20.2 Å². The number of rotatable bonds is 5. The molecule has 1 heterocycles. The van der Waals surface area contributed by atoms with Gasteiger partial charge in [-0.2, -0.15) is 0 Å². The van der Waals surface area contributed by atoms with E-state index in [4.69, 9.17) is 4.74 Å². The van der Waals surface area contributed by atoms with Crippen LogP contribution < -0.4 is 4.72 Å². The van der Waals surface area contributed by atoms with E-state index in [0.29, 0.717) is 17.4 Å². The predicted molar refractivity (Wildman–Crippen MR) is 88.5 cm³/mol. The standard InChI is InChI=1S/C17H27NO3S/c1-17(2,3)15-4-6-16(7-5-15)22(19,20)18-11-8-14-9-12-21-13-10-14/h4-7,14,18H,8-13H2,1-3H3. The van der Waals surface area contributed by atoms with Gasteiger partial charge in [-0.15, -0.1) is 0 Å². The molecule has 0 bridgehead atoms. The minimum atomic E-state index is -3.40. The number of hydrogen-bond acceptors (Lipinski definition) is 3. The van der Waals surface area contributed by atoms with Crippen molar-refractivity contribution in [1.29, 1.82) is 0 Å². The first-order valence-electron chi connectivity index (χ1n) is 7.97. The fraction of sp³-hybridized carbons (Fsp3) is 0.647. The third kappa shape index (κ3) is 4.80. The van der Waals surface area contributed by atoms with E-state index < -0.39 is 10.0 Å². The molecule has 0 spiro atoms. The summed E-state index contributed by atoms with van der Waals surface area (Å²) in [4.78, 5) is 0.340. The van der Waals surface area contributed by atoms with E-state index in [2.05, 4.69) is 25.5 Å². The van der Waals surface area contributed by atoms with Crippen molar-refractivity contribution in [2.45, 2.75) is 50.3 Å². The molecule has 0 aromatic heterocycles. The van der Waals surface area contributed by atoms with Crippen molar-refractivity contribution in [3.05, 3.63) is 29.8 Å². The van der Waals surface area contributed by atoms with Gasteiger partial charge in [0.15, 0.2) is 0 Å². The summed E-state index contributed by atoms with van der Waals surface area (Å²) in [6, 6.07) is 7.18. The zero-order valence-electron chi connectivity index (χ0n) is 13.8. The summed E-state index contributed by atoms with van der Waals surface area (Å²) in [7, 11) is -3.40. The molecule has 1 aliphatic heterocycles. The SMILES string of the molecule is CC(C)(C)c1ccc(S(=O)(=O)NCCC2CCOCC2)cc1. The van der Waals surface area contributed by atoms with Crippen molar-refractivity contribution < 1.29 is 13.2 Å². The quantitative estimate of drug-likeness (QED) is 0.905. The predicted octanol–water partition coefficient (Wildman–Crippen LogP) is 3.08. The van der Waals surface area contributed by atoms with Crippen LogP contribution in [0.15, 0.2) is 29.2 Å². The summed E-state index contributed by atoms with van der Waals surface area (Å²) in [6.45, 7) is 8.43. The van der Waals surface area contributed by atoms with Crippen LogP contribution in [0.4, 0.5) is 0 Å². The lowest BCUT2D eigenvalue weighted by Gasteiger charge is -2.22. The van der Waals surface area contributed by atoms with E-state index in [1.54, 1.807) is 12.1 Å². The van der Waals surface area contributed by atoms with Crippen LogP contribution in [0.2, 0.25) is 0 Å². The topological polar surface area (TPSA) is 55.4 Å². The zero-order chi connectivity index (χ0) is 16.2. The minimum absolute atomic E-state index is 0.0266. The lowest BCUT2D eigenvalue weighted by Crippen LogP contribution is -2.27. The van der Waals surface area contributed by atoms with E-state index in [9.17, 15) is 8.42 Å². The average Bonchev–Trinajstić information content (AvgIpc) is 2.47. The number of nitrogens with one attached hydrogen (secondary N) is 1. The Labute approximate surface area is 134 Å². The highest BCUT2D eigenvalue weighted by atomic mass is 32.2. The van der Waals surface area contributed by atoms with Gasteiger partial charge < -0.3 is 4.74 Å². The highest BCUT2D eigenvalue weighted by Crippen LogP contribution is 2.23. The van der Waals surface area contributed by atoms with Crippen LogP contribution in [0, 0.1) is 5.92 Å². The zero-order valence-corrected chi connectivity index (χ0v) is 14.6. The van der Waals surface area contributed by atoms with Gasteiger partial charge in [0.25, 0.3) is 0 Å². The van der Waals surface area contributed by atoms with Gasteiger partial charge in [-0.1, -0.05) is 32.9 Å². The fourth-order valence-electron chi connectivity index (χ4n) is 2.65. The molecule has 2 rings (SSSR count). The molecule has 0 amide bonds. The molecular formula is C17H27NO3S. The summed E-state index contributed by atoms with van der Waals surface area (Å²) in [6.07, 6.45) is 2.94. The van der Waals surface area contributed by atoms with Crippen LogP contribution >= 0.6 is 0 Å². The largest absolute Gasteiger partial charge is 0.381 e.